The van der Waals surface area contributed by atoms with E-state index in [1.54, 1.807) is 24.3 Å². The number of rotatable bonds is 5. The van der Waals surface area contributed by atoms with Gasteiger partial charge in [-0.15, -0.1) is 0 Å². The zero-order valence-corrected chi connectivity index (χ0v) is 13.8. The summed E-state index contributed by atoms with van der Waals surface area (Å²) in [5, 5.41) is 28.3. The van der Waals surface area contributed by atoms with Crippen LogP contribution in [-0.4, -0.2) is 45.7 Å². The van der Waals surface area contributed by atoms with E-state index in [1.807, 2.05) is 27.7 Å². The Morgan fingerprint density at radius 2 is 1.57 bits per heavy atom. The second kappa shape index (κ2) is 6.24. The van der Waals surface area contributed by atoms with Crippen LogP contribution in [0.25, 0.3) is 0 Å². The average Bonchev–Trinajstić information content (AvgIpc) is 2.66. The average molecular weight is 322 g/mol. The molecular formula is C16H23BO6. The highest BCUT2D eigenvalue weighted by atomic mass is 16.7. The van der Waals surface area contributed by atoms with Crippen molar-refractivity contribution in [2.24, 2.45) is 0 Å². The van der Waals surface area contributed by atoms with E-state index in [9.17, 15) is 15.0 Å². The van der Waals surface area contributed by atoms with Crippen molar-refractivity contribution in [3.8, 4) is 0 Å². The van der Waals surface area contributed by atoms with Crippen molar-refractivity contribution in [3.05, 3.63) is 29.8 Å². The lowest BCUT2D eigenvalue weighted by Crippen LogP contribution is -2.41. The Morgan fingerprint density at radius 3 is 2.00 bits per heavy atom. The van der Waals surface area contributed by atoms with E-state index < -0.39 is 42.9 Å². The maximum absolute atomic E-state index is 10.6. The van der Waals surface area contributed by atoms with Gasteiger partial charge in [-0.1, -0.05) is 24.3 Å². The molecule has 1 fully saturated rings. The van der Waals surface area contributed by atoms with Gasteiger partial charge >= 0.3 is 13.1 Å². The molecule has 0 aromatic heterocycles. The second-order valence-corrected chi connectivity index (χ2v) is 6.86. The smallest absolute Gasteiger partial charge is 0.481 e. The summed E-state index contributed by atoms with van der Waals surface area (Å²) >= 11 is 0. The molecule has 1 aromatic rings. The highest BCUT2D eigenvalue weighted by Crippen LogP contribution is 2.36. The van der Waals surface area contributed by atoms with Gasteiger partial charge in [-0.05, 0) is 38.7 Å². The van der Waals surface area contributed by atoms with E-state index in [1.165, 1.54) is 0 Å². The molecule has 1 aliphatic rings. The number of hydrogen-bond acceptors (Lipinski definition) is 5. The molecule has 7 heteroatoms. The van der Waals surface area contributed by atoms with E-state index in [2.05, 4.69) is 0 Å². The van der Waals surface area contributed by atoms with Gasteiger partial charge in [0.05, 0.1) is 23.7 Å². The van der Waals surface area contributed by atoms with Crippen LogP contribution in [0.15, 0.2) is 24.3 Å². The Balaban J connectivity index is 2.10. The summed E-state index contributed by atoms with van der Waals surface area (Å²) in [4.78, 5) is 10.6. The fraction of sp³-hybridized carbons (Fsp3) is 0.562. The number of aliphatic hydroxyl groups excluding tert-OH is 2. The first-order valence-electron chi connectivity index (χ1n) is 7.57. The number of carboxylic acids is 1. The highest BCUT2D eigenvalue weighted by Gasteiger charge is 2.51. The molecule has 0 saturated carbocycles. The molecule has 2 rings (SSSR count). The van der Waals surface area contributed by atoms with Crippen molar-refractivity contribution >= 4 is 18.6 Å². The van der Waals surface area contributed by atoms with Crippen molar-refractivity contribution in [1.82, 2.24) is 0 Å². The van der Waals surface area contributed by atoms with Crippen LogP contribution < -0.4 is 5.46 Å². The molecule has 23 heavy (non-hydrogen) atoms. The van der Waals surface area contributed by atoms with Gasteiger partial charge < -0.3 is 24.6 Å². The van der Waals surface area contributed by atoms with E-state index in [0.717, 1.165) is 5.46 Å². The monoisotopic (exact) mass is 322 g/mol. The number of hydrogen-bond donors (Lipinski definition) is 3. The Hall–Kier alpha value is -1.41. The van der Waals surface area contributed by atoms with Gasteiger partial charge in [0.1, 0.15) is 6.10 Å². The van der Waals surface area contributed by atoms with Crippen molar-refractivity contribution in [2.75, 3.05) is 0 Å². The first-order chi connectivity index (χ1) is 10.5. The molecule has 1 aliphatic heterocycles. The summed E-state index contributed by atoms with van der Waals surface area (Å²) in [6.45, 7) is 7.86. The van der Waals surface area contributed by atoms with Crippen LogP contribution in [0.2, 0.25) is 0 Å². The molecule has 0 radical (unpaired) electrons. The van der Waals surface area contributed by atoms with Crippen molar-refractivity contribution < 1.29 is 29.4 Å². The summed E-state index contributed by atoms with van der Waals surface area (Å²) in [5.74, 6) is -1.16. The first-order valence-corrected chi connectivity index (χ1v) is 7.57. The van der Waals surface area contributed by atoms with Crippen molar-refractivity contribution in [3.63, 3.8) is 0 Å². The van der Waals surface area contributed by atoms with E-state index in [-0.39, 0.29) is 0 Å². The zero-order chi connectivity index (χ0) is 17.4. The molecule has 2 unspecified atom stereocenters. The first kappa shape index (κ1) is 17.9. The zero-order valence-electron chi connectivity index (χ0n) is 13.8. The molecule has 126 valence electrons. The normalized spacial score (nSPS) is 21.9. The van der Waals surface area contributed by atoms with Gasteiger partial charge in [-0.3, -0.25) is 4.79 Å². The minimum absolute atomic E-state index is 0.437. The fourth-order valence-electron chi connectivity index (χ4n) is 2.34. The number of aliphatic hydroxyl groups is 2. The molecule has 3 N–H and O–H groups in total. The largest absolute Gasteiger partial charge is 0.494 e. The van der Waals surface area contributed by atoms with Crippen LogP contribution in [0.1, 0.15) is 45.8 Å². The predicted octanol–water partition coefficient (Wildman–Crippen LogP) is 0.855. The van der Waals surface area contributed by atoms with Crippen molar-refractivity contribution in [2.45, 2.75) is 57.5 Å². The minimum Gasteiger partial charge on any atom is -0.481 e. The number of aliphatic carboxylic acids is 1. The van der Waals surface area contributed by atoms with Gasteiger partial charge in [0.2, 0.25) is 0 Å². The van der Waals surface area contributed by atoms with Crippen LogP contribution in [0, 0.1) is 0 Å². The maximum Gasteiger partial charge on any atom is 0.494 e. The Bertz CT molecular complexity index is 552. The van der Waals surface area contributed by atoms with Gasteiger partial charge in [0.25, 0.3) is 0 Å². The summed E-state index contributed by atoms with van der Waals surface area (Å²) < 4.78 is 11.9. The molecule has 0 bridgehead atoms. The lowest BCUT2D eigenvalue weighted by molar-refractivity contribution is -0.141. The second-order valence-electron chi connectivity index (χ2n) is 6.86. The molecule has 6 nitrogen and oxygen atoms in total. The lowest BCUT2D eigenvalue weighted by Gasteiger charge is -2.32. The molecule has 0 spiro atoms. The summed E-state index contributed by atoms with van der Waals surface area (Å²) in [5.41, 5.74) is 0.368. The third-order valence-corrected chi connectivity index (χ3v) is 4.55. The minimum atomic E-state index is -1.35. The third kappa shape index (κ3) is 3.75. The molecule has 2 atom stereocenters. The Morgan fingerprint density at radius 1 is 1.09 bits per heavy atom. The molecule has 1 heterocycles. The Labute approximate surface area is 136 Å². The van der Waals surface area contributed by atoms with Gasteiger partial charge in [-0.2, -0.15) is 0 Å². The van der Waals surface area contributed by atoms with Gasteiger partial charge in [-0.25, -0.2) is 0 Å². The molecule has 1 saturated heterocycles. The van der Waals surface area contributed by atoms with Crippen LogP contribution in [0.3, 0.4) is 0 Å². The molecule has 0 aliphatic carbocycles. The highest BCUT2D eigenvalue weighted by molar-refractivity contribution is 6.62. The van der Waals surface area contributed by atoms with E-state index in [0.29, 0.717) is 5.56 Å². The molecular weight excluding hydrogens is 299 g/mol. The lowest BCUT2D eigenvalue weighted by atomic mass is 9.78. The number of carbonyl (C=O) groups is 1. The van der Waals surface area contributed by atoms with Crippen molar-refractivity contribution in [1.29, 1.82) is 0 Å². The predicted molar refractivity (Wildman–Crippen MR) is 85.4 cm³/mol. The van der Waals surface area contributed by atoms with E-state index >= 15 is 0 Å². The summed E-state index contributed by atoms with van der Waals surface area (Å²) in [6, 6.07) is 6.76. The van der Waals surface area contributed by atoms with Crippen LogP contribution in [0.5, 0.6) is 0 Å². The SMILES string of the molecule is CC1(C)OB(c2ccc(C(O)C(O)CC(=O)O)cc2)OC1(C)C. The standard InChI is InChI=1S/C16H23BO6/c1-15(2)16(3,4)23-17(22-15)11-7-5-10(6-8-11)14(21)12(18)9-13(19)20/h5-8,12,14,18,21H,9H2,1-4H3,(H,19,20). The van der Waals surface area contributed by atoms with Crippen LogP contribution in [0.4, 0.5) is 0 Å². The van der Waals surface area contributed by atoms with Gasteiger partial charge in [0, 0.05) is 0 Å². The van der Waals surface area contributed by atoms with Crippen LogP contribution in [-0.2, 0) is 14.1 Å². The molecule has 0 amide bonds. The number of benzene rings is 1. The molecule has 1 aromatic carbocycles. The quantitative estimate of drug-likeness (QED) is 0.696. The van der Waals surface area contributed by atoms with Crippen LogP contribution >= 0.6 is 0 Å². The summed E-state index contributed by atoms with van der Waals surface area (Å²) in [6.07, 6.45) is -3.12. The third-order valence-electron chi connectivity index (χ3n) is 4.55. The maximum atomic E-state index is 10.6. The summed E-state index contributed by atoms with van der Waals surface area (Å²) in [7, 11) is -0.505. The fourth-order valence-corrected chi connectivity index (χ4v) is 2.34. The van der Waals surface area contributed by atoms with E-state index in [4.69, 9.17) is 14.4 Å². The number of carboxylic acid groups (broad SMARTS) is 1. The Kier molecular flexibility index (Phi) is 4.87. The topological polar surface area (TPSA) is 96.2 Å². The van der Waals surface area contributed by atoms with Gasteiger partial charge in [0.15, 0.2) is 0 Å².